The lowest BCUT2D eigenvalue weighted by atomic mass is 10.1. The first-order valence-electron chi connectivity index (χ1n) is 5.67. The molecule has 0 unspecified atom stereocenters. The van der Waals surface area contributed by atoms with Crippen LogP contribution < -0.4 is 4.74 Å². The van der Waals surface area contributed by atoms with Crippen molar-refractivity contribution >= 4 is 5.97 Å². The maximum Gasteiger partial charge on any atom is 0.341 e. The van der Waals surface area contributed by atoms with Gasteiger partial charge in [-0.1, -0.05) is 11.2 Å². The van der Waals surface area contributed by atoms with E-state index in [-0.39, 0.29) is 11.6 Å². The summed E-state index contributed by atoms with van der Waals surface area (Å²) >= 11 is 0. The second-order valence-corrected chi connectivity index (χ2v) is 4.15. The molecule has 98 valence electrons. The van der Waals surface area contributed by atoms with Gasteiger partial charge in [-0.2, -0.15) is 4.98 Å². The average Bonchev–Trinajstić information content (AvgIpc) is 2.36. The number of rotatable bonds is 3. The summed E-state index contributed by atoms with van der Waals surface area (Å²) in [6, 6.07) is 4.74. The summed E-state index contributed by atoms with van der Waals surface area (Å²) in [6.45, 7) is 5.42. The summed E-state index contributed by atoms with van der Waals surface area (Å²) in [5, 5.41) is 16.7. The van der Waals surface area contributed by atoms with Gasteiger partial charge in [0.15, 0.2) is 0 Å². The lowest BCUT2D eigenvalue weighted by Crippen LogP contribution is -2.02. The fraction of sp³-hybridized carbons (Fsp3) is 0.231. The second kappa shape index (κ2) is 5.01. The van der Waals surface area contributed by atoms with Crippen molar-refractivity contribution in [2.45, 2.75) is 20.8 Å². The number of ether oxygens (including phenoxy) is 1. The fourth-order valence-electron chi connectivity index (χ4n) is 1.42. The Morgan fingerprint density at radius 2 is 1.89 bits per heavy atom. The molecule has 0 amide bonds. The molecule has 0 saturated heterocycles. The number of aromatic nitrogens is 3. The van der Waals surface area contributed by atoms with Crippen molar-refractivity contribution in [1.82, 2.24) is 15.2 Å². The Balaban J connectivity index is 2.34. The number of aryl methyl sites for hydroxylation is 3. The SMILES string of the molecule is Cc1ccc(C(=O)O)cc1Oc1nnc(C)c(C)n1. The van der Waals surface area contributed by atoms with E-state index in [0.29, 0.717) is 5.75 Å². The molecule has 19 heavy (non-hydrogen) atoms. The summed E-state index contributed by atoms with van der Waals surface area (Å²) in [5.74, 6) is -0.603. The van der Waals surface area contributed by atoms with E-state index in [0.717, 1.165) is 17.0 Å². The van der Waals surface area contributed by atoms with Crippen molar-refractivity contribution in [3.63, 3.8) is 0 Å². The van der Waals surface area contributed by atoms with E-state index < -0.39 is 5.97 Å². The number of carbonyl (C=O) groups is 1. The Bertz CT molecular complexity index is 641. The first kappa shape index (κ1) is 12.9. The largest absolute Gasteiger partial charge is 0.478 e. The number of aromatic carboxylic acids is 1. The van der Waals surface area contributed by atoms with Gasteiger partial charge >= 0.3 is 12.0 Å². The number of hydrogen-bond acceptors (Lipinski definition) is 5. The maximum atomic E-state index is 10.9. The number of carboxylic acids is 1. The van der Waals surface area contributed by atoms with E-state index in [1.165, 1.54) is 12.1 Å². The lowest BCUT2D eigenvalue weighted by Gasteiger charge is -2.08. The van der Waals surface area contributed by atoms with Gasteiger partial charge in [-0.05, 0) is 38.5 Å². The van der Waals surface area contributed by atoms with E-state index in [1.807, 2.05) is 6.92 Å². The zero-order valence-corrected chi connectivity index (χ0v) is 10.8. The minimum absolute atomic E-state index is 0.105. The number of nitrogens with zero attached hydrogens (tertiary/aromatic N) is 3. The average molecular weight is 259 g/mol. The smallest absolute Gasteiger partial charge is 0.341 e. The topological polar surface area (TPSA) is 85.2 Å². The molecule has 6 nitrogen and oxygen atoms in total. The third kappa shape index (κ3) is 2.85. The monoisotopic (exact) mass is 259 g/mol. The molecule has 2 rings (SSSR count). The van der Waals surface area contributed by atoms with Crippen LogP contribution in [0.1, 0.15) is 27.3 Å². The predicted molar refractivity (Wildman–Crippen MR) is 67.5 cm³/mol. The van der Waals surface area contributed by atoms with Crippen LogP contribution in [0.25, 0.3) is 0 Å². The van der Waals surface area contributed by atoms with Crippen LogP contribution in [0.4, 0.5) is 0 Å². The van der Waals surface area contributed by atoms with Crippen LogP contribution >= 0.6 is 0 Å². The maximum absolute atomic E-state index is 10.9. The Hall–Kier alpha value is -2.50. The molecule has 1 heterocycles. The lowest BCUT2D eigenvalue weighted by molar-refractivity contribution is 0.0696. The van der Waals surface area contributed by atoms with Crippen molar-refractivity contribution in [2.75, 3.05) is 0 Å². The van der Waals surface area contributed by atoms with Gasteiger partial charge in [-0.15, -0.1) is 5.10 Å². The molecule has 0 aliphatic heterocycles. The molecule has 0 atom stereocenters. The standard InChI is InChI=1S/C13H13N3O3/c1-7-4-5-10(12(17)18)6-11(7)19-13-14-8(2)9(3)15-16-13/h4-6H,1-3H3,(H,17,18). The minimum atomic E-state index is -1.01. The van der Waals surface area contributed by atoms with Gasteiger partial charge in [0.2, 0.25) is 0 Å². The van der Waals surface area contributed by atoms with Gasteiger partial charge in [-0.25, -0.2) is 4.79 Å². The molecule has 0 radical (unpaired) electrons. The molecule has 0 aliphatic rings. The summed E-state index contributed by atoms with van der Waals surface area (Å²) < 4.78 is 5.49. The Morgan fingerprint density at radius 3 is 2.53 bits per heavy atom. The highest BCUT2D eigenvalue weighted by Gasteiger charge is 2.10. The second-order valence-electron chi connectivity index (χ2n) is 4.15. The van der Waals surface area contributed by atoms with Gasteiger partial charge < -0.3 is 9.84 Å². The molecule has 0 bridgehead atoms. The number of benzene rings is 1. The quantitative estimate of drug-likeness (QED) is 0.910. The number of carboxylic acid groups (broad SMARTS) is 1. The van der Waals surface area contributed by atoms with Crippen LogP contribution in [0.5, 0.6) is 11.8 Å². The van der Waals surface area contributed by atoms with E-state index in [2.05, 4.69) is 15.2 Å². The van der Waals surface area contributed by atoms with Gasteiger partial charge in [0.25, 0.3) is 0 Å². The van der Waals surface area contributed by atoms with Gasteiger partial charge in [0.05, 0.1) is 17.0 Å². The van der Waals surface area contributed by atoms with Gasteiger partial charge in [-0.3, -0.25) is 0 Å². The molecule has 6 heteroatoms. The van der Waals surface area contributed by atoms with Gasteiger partial charge in [0.1, 0.15) is 5.75 Å². The van der Waals surface area contributed by atoms with Crippen molar-refractivity contribution in [2.24, 2.45) is 0 Å². The highest BCUT2D eigenvalue weighted by molar-refractivity contribution is 5.88. The van der Waals surface area contributed by atoms with Crippen molar-refractivity contribution in [1.29, 1.82) is 0 Å². The summed E-state index contributed by atoms with van der Waals surface area (Å²) in [7, 11) is 0. The molecular weight excluding hydrogens is 246 g/mol. The predicted octanol–water partition coefficient (Wildman–Crippen LogP) is 2.29. The summed E-state index contributed by atoms with van der Waals surface area (Å²) in [6.07, 6.45) is 0. The fourth-order valence-corrected chi connectivity index (χ4v) is 1.42. The molecular formula is C13H13N3O3. The van der Waals surface area contributed by atoms with Gasteiger partial charge in [0, 0.05) is 0 Å². The molecule has 1 aromatic carbocycles. The Kier molecular flexibility index (Phi) is 3.41. The normalized spacial score (nSPS) is 10.3. The first-order valence-corrected chi connectivity index (χ1v) is 5.67. The van der Waals surface area contributed by atoms with Crippen molar-refractivity contribution in [3.8, 4) is 11.8 Å². The first-order chi connectivity index (χ1) is 8.97. The molecule has 0 fully saturated rings. The molecule has 0 aliphatic carbocycles. The number of hydrogen-bond donors (Lipinski definition) is 1. The third-order valence-corrected chi connectivity index (χ3v) is 2.71. The van der Waals surface area contributed by atoms with Crippen molar-refractivity contribution in [3.05, 3.63) is 40.7 Å². The van der Waals surface area contributed by atoms with Crippen LogP contribution in [0.2, 0.25) is 0 Å². The molecule has 1 aromatic heterocycles. The molecule has 2 aromatic rings. The van der Waals surface area contributed by atoms with E-state index in [9.17, 15) is 4.79 Å². The van der Waals surface area contributed by atoms with Crippen LogP contribution in [0.15, 0.2) is 18.2 Å². The Morgan fingerprint density at radius 1 is 1.16 bits per heavy atom. The zero-order chi connectivity index (χ0) is 14.0. The zero-order valence-electron chi connectivity index (χ0n) is 10.8. The van der Waals surface area contributed by atoms with Crippen LogP contribution in [0.3, 0.4) is 0 Å². The molecule has 1 N–H and O–H groups in total. The summed E-state index contributed by atoms with van der Waals surface area (Å²) in [4.78, 5) is 15.1. The van der Waals surface area contributed by atoms with E-state index in [4.69, 9.17) is 9.84 Å². The third-order valence-electron chi connectivity index (χ3n) is 2.71. The van der Waals surface area contributed by atoms with Crippen LogP contribution in [0, 0.1) is 20.8 Å². The van der Waals surface area contributed by atoms with Crippen LogP contribution in [-0.2, 0) is 0 Å². The summed E-state index contributed by atoms with van der Waals surface area (Å²) in [5.41, 5.74) is 2.39. The van der Waals surface area contributed by atoms with E-state index in [1.54, 1.807) is 19.9 Å². The van der Waals surface area contributed by atoms with E-state index >= 15 is 0 Å². The highest BCUT2D eigenvalue weighted by atomic mass is 16.5. The molecule has 0 spiro atoms. The minimum Gasteiger partial charge on any atom is -0.478 e. The van der Waals surface area contributed by atoms with Crippen molar-refractivity contribution < 1.29 is 14.6 Å². The Labute approximate surface area is 110 Å². The van der Waals surface area contributed by atoms with Crippen LogP contribution in [-0.4, -0.2) is 26.3 Å². The molecule has 0 saturated carbocycles. The highest BCUT2D eigenvalue weighted by Crippen LogP contribution is 2.23.